The molecule has 1 saturated heterocycles. The van der Waals surface area contributed by atoms with E-state index in [4.69, 9.17) is 5.11 Å². The van der Waals surface area contributed by atoms with E-state index < -0.39 is 5.97 Å². The van der Waals surface area contributed by atoms with Gasteiger partial charge in [0.1, 0.15) is 5.82 Å². The highest BCUT2D eigenvalue weighted by Gasteiger charge is 2.19. The summed E-state index contributed by atoms with van der Waals surface area (Å²) >= 11 is 2.03. The fraction of sp³-hybridized carbons (Fsp3) is 0.467. The van der Waals surface area contributed by atoms with Gasteiger partial charge in [0.05, 0.1) is 16.6 Å². The zero-order valence-electron chi connectivity index (χ0n) is 11.5. The summed E-state index contributed by atoms with van der Waals surface area (Å²) in [5, 5.41) is 9.73. The molecule has 1 N–H and O–H groups in total. The number of nitrogens with zero attached hydrogens (tertiary/aromatic N) is 2. The van der Waals surface area contributed by atoms with E-state index in [0.717, 1.165) is 29.8 Å². The fourth-order valence-electron chi connectivity index (χ4n) is 2.78. The molecule has 1 aromatic carbocycles. The molecule has 20 heavy (non-hydrogen) atoms. The second-order valence-electron chi connectivity index (χ2n) is 5.14. The van der Waals surface area contributed by atoms with Crippen LogP contribution in [0.3, 0.4) is 0 Å². The standard InChI is InChI=1S/C15H18N2O2S/c1-2-14-16-12-8-10(15(18)19)5-6-13(12)17(14)9-11-4-3-7-20-11/h5-6,8,11H,2-4,7,9H2,1H3,(H,18,19). The summed E-state index contributed by atoms with van der Waals surface area (Å²) in [5.74, 6) is 1.41. The number of aromatic carboxylic acids is 1. The molecule has 1 aliphatic heterocycles. The topological polar surface area (TPSA) is 55.1 Å². The summed E-state index contributed by atoms with van der Waals surface area (Å²) in [5.41, 5.74) is 2.16. The lowest BCUT2D eigenvalue weighted by molar-refractivity contribution is 0.0697. The van der Waals surface area contributed by atoms with Gasteiger partial charge in [0.15, 0.2) is 0 Å². The lowest BCUT2D eigenvalue weighted by Gasteiger charge is -2.13. The number of aromatic nitrogens is 2. The highest BCUT2D eigenvalue weighted by molar-refractivity contribution is 8.00. The third-order valence-corrected chi connectivity index (χ3v) is 5.18. The normalized spacial score (nSPS) is 18.8. The Hall–Kier alpha value is -1.49. The van der Waals surface area contributed by atoms with E-state index in [1.807, 2.05) is 17.8 Å². The zero-order chi connectivity index (χ0) is 14.1. The quantitative estimate of drug-likeness (QED) is 0.939. The van der Waals surface area contributed by atoms with Crippen LogP contribution in [0, 0.1) is 0 Å². The van der Waals surface area contributed by atoms with Gasteiger partial charge in [0.2, 0.25) is 0 Å². The number of hydrogen-bond donors (Lipinski definition) is 1. The Kier molecular flexibility index (Phi) is 3.70. The Labute approximate surface area is 122 Å². The van der Waals surface area contributed by atoms with Crippen molar-refractivity contribution in [3.8, 4) is 0 Å². The van der Waals surface area contributed by atoms with E-state index in [1.54, 1.807) is 12.1 Å². The molecule has 1 unspecified atom stereocenters. The van der Waals surface area contributed by atoms with Gasteiger partial charge in [-0.05, 0) is 36.8 Å². The Morgan fingerprint density at radius 2 is 2.40 bits per heavy atom. The molecule has 0 spiro atoms. The van der Waals surface area contributed by atoms with Crippen LogP contribution < -0.4 is 0 Å². The number of aryl methyl sites for hydroxylation is 1. The number of carboxylic acids is 1. The number of carboxylic acid groups (broad SMARTS) is 1. The molecule has 4 nitrogen and oxygen atoms in total. The number of hydrogen-bond acceptors (Lipinski definition) is 3. The van der Waals surface area contributed by atoms with Crippen LogP contribution in [-0.4, -0.2) is 31.6 Å². The molecule has 3 rings (SSSR count). The molecule has 1 atom stereocenters. The van der Waals surface area contributed by atoms with E-state index in [9.17, 15) is 4.79 Å². The Morgan fingerprint density at radius 1 is 1.55 bits per heavy atom. The number of fused-ring (bicyclic) bond motifs is 1. The minimum Gasteiger partial charge on any atom is -0.478 e. The SMILES string of the molecule is CCc1nc2cc(C(=O)O)ccc2n1CC1CCCS1. The van der Waals surface area contributed by atoms with E-state index in [-0.39, 0.29) is 0 Å². The predicted octanol–water partition coefficient (Wildman–Crippen LogP) is 3.19. The van der Waals surface area contributed by atoms with E-state index in [0.29, 0.717) is 10.8 Å². The smallest absolute Gasteiger partial charge is 0.335 e. The number of imidazole rings is 1. The third-order valence-electron chi connectivity index (χ3n) is 3.80. The molecular weight excluding hydrogens is 272 g/mol. The first-order valence-electron chi connectivity index (χ1n) is 7.03. The lowest BCUT2D eigenvalue weighted by atomic mass is 10.2. The summed E-state index contributed by atoms with van der Waals surface area (Å²) in [7, 11) is 0. The van der Waals surface area contributed by atoms with Gasteiger partial charge in [-0.25, -0.2) is 9.78 Å². The molecule has 0 aliphatic carbocycles. The van der Waals surface area contributed by atoms with Crippen LogP contribution in [0.5, 0.6) is 0 Å². The number of rotatable bonds is 4. The summed E-state index contributed by atoms with van der Waals surface area (Å²) in [6.45, 7) is 3.08. The average molecular weight is 290 g/mol. The van der Waals surface area contributed by atoms with Gasteiger partial charge in [-0.3, -0.25) is 0 Å². The lowest BCUT2D eigenvalue weighted by Crippen LogP contribution is -2.12. The second-order valence-corrected chi connectivity index (χ2v) is 6.54. The maximum Gasteiger partial charge on any atom is 0.335 e. The Morgan fingerprint density at radius 3 is 3.05 bits per heavy atom. The number of carbonyl (C=O) groups is 1. The molecule has 2 aromatic rings. The first-order chi connectivity index (χ1) is 9.69. The molecule has 0 bridgehead atoms. The van der Waals surface area contributed by atoms with Gasteiger partial charge in [0, 0.05) is 18.2 Å². The van der Waals surface area contributed by atoms with Gasteiger partial charge in [-0.2, -0.15) is 11.8 Å². The monoisotopic (exact) mass is 290 g/mol. The van der Waals surface area contributed by atoms with Gasteiger partial charge in [-0.15, -0.1) is 0 Å². The van der Waals surface area contributed by atoms with Gasteiger partial charge < -0.3 is 9.67 Å². The zero-order valence-corrected chi connectivity index (χ0v) is 12.3. The van der Waals surface area contributed by atoms with Crippen molar-refractivity contribution in [2.24, 2.45) is 0 Å². The molecule has 1 fully saturated rings. The maximum absolute atomic E-state index is 11.0. The van der Waals surface area contributed by atoms with Crippen molar-refractivity contribution < 1.29 is 9.90 Å². The van der Waals surface area contributed by atoms with Crippen molar-refractivity contribution in [2.75, 3.05) is 5.75 Å². The molecule has 0 saturated carbocycles. The van der Waals surface area contributed by atoms with E-state index in [1.165, 1.54) is 18.6 Å². The van der Waals surface area contributed by atoms with E-state index >= 15 is 0 Å². The molecule has 0 radical (unpaired) electrons. The van der Waals surface area contributed by atoms with Crippen LogP contribution in [-0.2, 0) is 13.0 Å². The molecule has 1 aromatic heterocycles. The minimum atomic E-state index is -0.897. The van der Waals surface area contributed by atoms with Crippen molar-refractivity contribution in [1.29, 1.82) is 0 Å². The highest BCUT2D eigenvalue weighted by Crippen LogP contribution is 2.29. The van der Waals surface area contributed by atoms with Gasteiger partial charge in [-0.1, -0.05) is 6.92 Å². The van der Waals surface area contributed by atoms with Gasteiger partial charge >= 0.3 is 5.97 Å². The van der Waals surface area contributed by atoms with Crippen molar-refractivity contribution >= 4 is 28.8 Å². The Balaban J connectivity index is 2.02. The minimum absolute atomic E-state index is 0.306. The first-order valence-corrected chi connectivity index (χ1v) is 8.08. The van der Waals surface area contributed by atoms with Crippen LogP contribution in [0.15, 0.2) is 18.2 Å². The summed E-state index contributed by atoms with van der Waals surface area (Å²) < 4.78 is 2.27. The molecular formula is C15H18N2O2S. The number of benzene rings is 1. The van der Waals surface area contributed by atoms with Crippen LogP contribution in [0.1, 0.15) is 35.9 Å². The molecule has 5 heteroatoms. The van der Waals surface area contributed by atoms with Crippen molar-refractivity contribution in [2.45, 2.75) is 38.0 Å². The average Bonchev–Trinajstić information content (AvgIpc) is 3.06. The molecule has 106 valence electrons. The fourth-order valence-corrected chi connectivity index (χ4v) is 4.03. The van der Waals surface area contributed by atoms with Crippen molar-refractivity contribution in [1.82, 2.24) is 9.55 Å². The largest absolute Gasteiger partial charge is 0.478 e. The third kappa shape index (κ3) is 2.42. The summed E-state index contributed by atoms with van der Waals surface area (Å²) in [6, 6.07) is 5.24. The van der Waals surface area contributed by atoms with Crippen molar-refractivity contribution in [3.05, 3.63) is 29.6 Å². The molecule has 1 aliphatic rings. The van der Waals surface area contributed by atoms with Crippen LogP contribution in [0.2, 0.25) is 0 Å². The van der Waals surface area contributed by atoms with Crippen molar-refractivity contribution in [3.63, 3.8) is 0 Å². The van der Waals surface area contributed by atoms with Gasteiger partial charge in [0.25, 0.3) is 0 Å². The first kappa shape index (κ1) is 13.5. The van der Waals surface area contributed by atoms with Crippen LogP contribution in [0.25, 0.3) is 11.0 Å². The highest BCUT2D eigenvalue weighted by atomic mass is 32.2. The predicted molar refractivity (Wildman–Crippen MR) is 81.6 cm³/mol. The van der Waals surface area contributed by atoms with Crippen LogP contribution >= 0.6 is 11.8 Å². The summed E-state index contributed by atoms with van der Waals surface area (Å²) in [4.78, 5) is 15.7. The maximum atomic E-state index is 11.0. The molecule has 2 heterocycles. The van der Waals surface area contributed by atoms with E-state index in [2.05, 4.69) is 16.5 Å². The number of thioether (sulfide) groups is 1. The van der Waals surface area contributed by atoms with Crippen LogP contribution in [0.4, 0.5) is 0 Å². The second kappa shape index (κ2) is 5.48. The summed E-state index contributed by atoms with van der Waals surface area (Å²) in [6.07, 6.45) is 3.43. The Bertz CT molecular complexity index is 645. The molecule has 0 amide bonds.